The molecule has 1 saturated heterocycles. The number of benzene rings is 1. The molecule has 0 unspecified atom stereocenters. The first kappa shape index (κ1) is 12.4. The summed E-state index contributed by atoms with van der Waals surface area (Å²) in [5.41, 5.74) is 2.30. The highest BCUT2D eigenvalue weighted by Crippen LogP contribution is 2.23. The van der Waals surface area contributed by atoms with Crippen molar-refractivity contribution in [3.8, 4) is 0 Å². The van der Waals surface area contributed by atoms with Crippen LogP contribution in [-0.2, 0) is 6.54 Å². The van der Waals surface area contributed by atoms with Crippen molar-refractivity contribution in [2.75, 3.05) is 13.1 Å². The van der Waals surface area contributed by atoms with Gasteiger partial charge in [0, 0.05) is 25.1 Å². The zero-order valence-electron chi connectivity index (χ0n) is 11.4. The van der Waals surface area contributed by atoms with E-state index in [1.807, 2.05) is 24.4 Å². The highest BCUT2D eigenvalue weighted by Gasteiger charge is 2.15. The molecule has 1 aromatic carbocycles. The van der Waals surface area contributed by atoms with Crippen molar-refractivity contribution >= 4 is 16.8 Å². The zero-order valence-corrected chi connectivity index (χ0v) is 11.4. The van der Waals surface area contributed by atoms with Gasteiger partial charge in [0.25, 0.3) is 0 Å². The van der Waals surface area contributed by atoms with Crippen LogP contribution in [0, 0.1) is 0 Å². The first-order valence-electron chi connectivity index (χ1n) is 7.08. The number of hydrogen-bond acceptors (Lipinski definition) is 2. The molecular weight excluding hydrogens is 236 g/mol. The fraction of sp³-hybridized carbons (Fsp3) is 0.438. The van der Waals surface area contributed by atoms with Gasteiger partial charge >= 0.3 is 0 Å². The van der Waals surface area contributed by atoms with Crippen LogP contribution in [0.25, 0.3) is 10.9 Å². The van der Waals surface area contributed by atoms with E-state index >= 15 is 0 Å². The average Bonchev–Trinajstić information content (AvgIpc) is 2.79. The number of hydrogen-bond donors (Lipinski definition) is 0. The van der Waals surface area contributed by atoms with Gasteiger partial charge in [0.05, 0.1) is 5.52 Å². The molecule has 0 amide bonds. The van der Waals surface area contributed by atoms with E-state index in [1.165, 1.54) is 43.3 Å². The Kier molecular flexibility index (Phi) is 3.38. The molecule has 1 fully saturated rings. The summed E-state index contributed by atoms with van der Waals surface area (Å²) < 4.78 is 1.77. The summed E-state index contributed by atoms with van der Waals surface area (Å²) in [7, 11) is 0. The van der Waals surface area contributed by atoms with Gasteiger partial charge in [-0.15, -0.1) is 0 Å². The van der Waals surface area contributed by atoms with Crippen LogP contribution in [0.2, 0.25) is 0 Å². The van der Waals surface area contributed by atoms with Gasteiger partial charge in [-0.3, -0.25) is 14.3 Å². The molecule has 0 bridgehead atoms. The minimum atomic E-state index is 0.0843. The molecule has 100 valence electrons. The third-order valence-electron chi connectivity index (χ3n) is 3.98. The van der Waals surface area contributed by atoms with Crippen LogP contribution in [0.5, 0.6) is 0 Å². The van der Waals surface area contributed by atoms with Crippen molar-refractivity contribution in [1.82, 2.24) is 9.47 Å². The second-order valence-electron chi connectivity index (χ2n) is 5.40. The number of piperidine rings is 1. The van der Waals surface area contributed by atoms with Gasteiger partial charge in [-0.25, -0.2) is 0 Å². The van der Waals surface area contributed by atoms with Crippen LogP contribution in [-0.4, -0.2) is 28.5 Å². The van der Waals surface area contributed by atoms with Gasteiger partial charge in [-0.2, -0.15) is 0 Å². The number of likely N-dealkylation sites (tertiary alicyclic amines) is 1. The molecular formula is C16H20N2O. The summed E-state index contributed by atoms with van der Waals surface area (Å²) >= 11 is 0. The topological polar surface area (TPSA) is 25.2 Å². The van der Waals surface area contributed by atoms with Crippen LogP contribution < -0.4 is 0 Å². The Morgan fingerprint density at radius 1 is 1.16 bits per heavy atom. The summed E-state index contributed by atoms with van der Waals surface area (Å²) in [5.74, 6) is 0.0843. The molecule has 0 spiro atoms. The Morgan fingerprint density at radius 2 is 1.89 bits per heavy atom. The van der Waals surface area contributed by atoms with Crippen molar-refractivity contribution in [1.29, 1.82) is 0 Å². The van der Waals surface area contributed by atoms with Gasteiger partial charge < -0.3 is 0 Å². The van der Waals surface area contributed by atoms with Crippen molar-refractivity contribution in [2.45, 2.75) is 32.7 Å². The second kappa shape index (κ2) is 5.17. The van der Waals surface area contributed by atoms with Crippen LogP contribution in [0.1, 0.15) is 36.5 Å². The number of nitrogens with zero attached hydrogens (tertiary/aromatic N) is 2. The third kappa shape index (κ3) is 2.43. The van der Waals surface area contributed by atoms with Gasteiger partial charge in [-0.05, 0) is 37.6 Å². The molecule has 2 heterocycles. The number of para-hydroxylation sites is 1. The lowest BCUT2D eigenvalue weighted by Gasteiger charge is -2.26. The maximum atomic E-state index is 11.7. The van der Waals surface area contributed by atoms with Crippen LogP contribution in [0.3, 0.4) is 0 Å². The fourth-order valence-electron chi connectivity index (χ4n) is 3.00. The molecule has 19 heavy (non-hydrogen) atoms. The summed E-state index contributed by atoms with van der Waals surface area (Å²) in [6.45, 7) is 4.94. The Balaban J connectivity index is 1.96. The normalized spacial score (nSPS) is 16.9. The standard InChI is InChI=1S/C16H20N2O/c1-13(19)18-12-14(11-17-9-5-2-6-10-17)15-7-3-4-8-16(15)18/h3-4,7-8,12H,2,5-6,9-11H2,1H3. The number of rotatable bonds is 2. The minimum Gasteiger partial charge on any atom is -0.299 e. The Hall–Kier alpha value is -1.61. The summed E-state index contributed by atoms with van der Waals surface area (Å²) in [6, 6.07) is 8.18. The van der Waals surface area contributed by atoms with E-state index in [0.29, 0.717) is 0 Å². The Labute approximate surface area is 113 Å². The van der Waals surface area contributed by atoms with E-state index in [-0.39, 0.29) is 5.91 Å². The van der Waals surface area contributed by atoms with Gasteiger partial charge in [0.1, 0.15) is 0 Å². The lowest BCUT2D eigenvalue weighted by Crippen LogP contribution is -2.29. The minimum absolute atomic E-state index is 0.0843. The SMILES string of the molecule is CC(=O)n1cc(CN2CCCCC2)c2ccccc21. The van der Waals surface area contributed by atoms with E-state index < -0.39 is 0 Å². The molecule has 0 atom stereocenters. The van der Waals surface area contributed by atoms with E-state index in [1.54, 1.807) is 11.5 Å². The number of aromatic nitrogens is 1. The first-order chi connectivity index (χ1) is 9.25. The fourth-order valence-corrected chi connectivity index (χ4v) is 3.00. The quantitative estimate of drug-likeness (QED) is 0.824. The predicted octanol–water partition coefficient (Wildman–Crippen LogP) is 3.29. The highest BCUT2D eigenvalue weighted by atomic mass is 16.1. The molecule has 0 saturated carbocycles. The molecule has 2 aromatic rings. The van der Waals surface area contributed by atoms with Crippen molar-refractivity contribution in [2.24, 2.45) is 0 Å². The van der Waals surface area contributed by atoms with E-state index in [2.05, 4.69) is 11.0 Å². The lowest BCUT2D eigenvalue weighted by molar-refractivity contribution is 0.0941. The second-order valence-corrected chi connectivity index (χ2v) is 5.40. The Morgan fingerprint density at radius 3 is 2.63 bits per heavy atom. The Bertz CT molecular complexity index is 594. The number of fused-ring (bicyclic) bond motifs is 1. The lowest BCUT2D eigenvalue weighted by atomic mass is 10.1. The van der Waals surface area contributed by atoms with Gasteiger partial charge in [0.15, 0.2) is 0 Å². The number of carbonyl (C=O) groups excluding carboxylic acids is 1. The largest absolute Gasteiger partial charge is 0.299 e. The van der Waals surface area contributed by atoms with Crippen LogP contribution in [0.4, 0.5) is 0 Å². The van der Waals surface area contributed by atoms with Gasteiger partial charge in [0.2, 0.25) is 5.91 Å². The monoisotopic (exact) mass is 256 g/mol. The van der Waals surface area contributed by atoms with Crippen molar-refractivity contribution in [3.05, 3.63) is 36.0 Å². The molecule has 1 aliphatic heterocycles. The van der Waals surface area contributed by atoms with Crippen LogP contribution in [0.15, 0.2) is 30.5 Å². The van der Waals surface area contributed by atoms with Crippen LogP contribution >= 0.6 is 0 Å². The molecule has 0 N–H and O–H groups in total. The van der Waals surface area contributed by atoms with Crippen molar-refractivity contribution < 1.29 is 4.79 Å². The van der Waals surface area contributed by atoms with E-state index in [4.69, 9.17) is 0 Å². The maximum absolute atomic E-state index is 11.7. The summed E-state index contributed by atoms with van der Waals surface area (Å²) in [6.07, 6.45) is 5.96. The molecule has 3 nitrogen and oxygen atoms in total. The molecule has 1 aromatic heterocycles. The molecule has 3 heteroatoms. The average molecular weight is 256 g/mol. The van der Waals surface area contributed by atoms with E-state index in [0.717, 1.165) is 12.1 Å². The zero-order chi connectivity index (χ0) is 13.2. The molecule has 0 radical (unpaired) electrons. The number of carbonyl (C=O) groups is 1. The third-order valence-corrected chi connectivity index (χ3v) is 3.98. The van der Waals surface area contributed by atoms with Crippen molar-refractivity contribution in [3.63, 3.8) is 0 Å². The molecule has 0 aliphatic carbocycles. The summed E-state index contributed by atoms with van der Waals surface area (Å²) in [5, 5.41) is 1.21. The highest BCUT2D eigenvalue weighted by molar-refractivity contribution is 5.93. The molecule has 3 rings (SSSR count). The van der Waals surface area contributed by atoms with E-state index in [9.17, 15) is 4.79 Å². The predicted molar refractivity (Wildman–Crippen MR) is 77.4 cm³/mol. The molecule has 1 aliphatic rings. The summed E-state index contributed by atoms with van der Waals surface area (Å²) in [4.78, 5) is 14.2. The first-order valence-corrected chi connectivity index (χ1v) is 7.08. The maximum Gasteiger partial charge on any atom is 0.227 e. The smallest absolute Gasteiger partial charge is 0.227 e. The van der Waals surface area contributed by atoms with Gasteiger partial charge in [-0.1, -0.05) is 24.6 Å².